The Bertz CT molecular complexity index is 1200. The van der Waals surface area contributed by atoms with Gasteiger partial charge in [0.15, 0.2) is 11.6 Å². The van der Waals surface area contributed by atoms with Gasteiger partial charge < -0.3 is 19.3 Å². The number of fused-ring (bicyclic) bond motifs is 1. The fraction of sp³-hybridized carbons (Fsp3) is 0.364. The maximum Gasteiger partial charge on any atom is 0.511 e. The molecule has 3 aromatic rings. The Morgan fingerprint density at radius 1 is 1.23 bits per heavy atom. The molecule has 0 aromatic carbocycles. The molecule has 1 aliphatic carbocycles. The third kappa shape index (κ3) is 3.03. The maximum atomic E-state index is 15.3. The largest absolute Gasteiger partial charge is 0.511 e. The van der Waals surface area contributed by atoms with E-state index in [9.17, 15) is 9.59 Å². The molecular formula is C22H22FN3O4. The van der Waals surface area contributed by atoms with Crippen LogP contribution in [0.2, 0.25) is 0 Å². The van der Waals surface area contributed by atoms with Crippen LogP contribution in [0.15, 0.2) is 41.6 Å². The van der Waals surface area contributed by atoms with E-state index in [4.69, 9.17) is 5.11 Å². The summed E-state index contributed by atoms with van der Waals surface area (Å²) in [7, 11) is 0. The number of hydrogen-bond donors (Lipinski definition) is 1. The number of ether oxygens (including phenoxy) is 1. The molecule has 1 N–H and O–H groups in total. The van der Waals surface area contributed by atoms with E-state index in [1.807, 2.05) is 36.4 Å². The van der Waals surface area contributed by atoms with Gasteiger partial charge in [-0.2, -0.15) is 0 Å². The molecule has 1 saturated carbocycles. The molecule has 1 atom stereocenters. The first-order chi connectivity index (χ1) is 14.4. The van der Waals surface area contributed by atoms with Crippen molar-refractivity contribution in [3.63, 3.8) is 0 Å². The van der Waals surface area contributed by atoms with Crippen LogP contribution in [0.4, 0.5) is 14.9 Å². The lowest BCUT2D eigenvalue weighted by atomic mass is 10.0. The lowest BCUT2D eigenvalue weighted by molar-refractivity contribution is 0.143. The lowest BCUT2D eigenvalue weighted by Crippen LogP contribution is -2.26. The molecule has 1 aliphatic heterocycles. The normalized spacial score (nSPS) is 18.9. The van der Waals surface area contributed by atoms with Crippen molar-refractivity contribution in [3.8, 4) is 5.75 Å². The van der Waals surface area contributed by atoms with E-state index in [1.165, 1.54) is 16.7 Å². The van der Waals surface area contributed by atoms with Crippen molar-refractivity contribution in [1.82, 2.24) is 8.97 Å². The minimum absolute atomic E-state index is 0.222. The molecule has 8 heteroatoms. The average molecular weight is 411 g/mol. The average Bonchev–Trinajstić information content (AvgIpc) is 3.18. The number of aromatic nitrogens is 2. The highest BCUT2D eigenvalue weighted by Crippen LogP contribution is 2.45. The molecule has 3 aromatic heterocycles. The minimum atomic E-state index is -1.56. The molecule has 4 heterocycles. The molecule has 0 unspecified atom stereocenters. The Kier molecular flexibility index (Phi) is 4.30. The van der Waals surface area contributed by atoms with E-state index in [0.29, 0.717) is 23.3 Å². The summed E-state index contributed by atoms with van der Waals surface area (Å²) in [5.41, 5.74) is 2.03. The molecule has 1 saturated heterocycles. The molecule has 156 valence electrons. The zero-order chi connectivity index (χ0) is 21.0. The van der Waals surface area contributed by atoms with E-state index in [2.05, 4.69) is 9.30 Å². The topological polar surface area (TPSA) is 76.2 Å². The fourth-order valence-corrected chi connectivity index (χ4v) is 4.66. The van der Waals surface area contributed by atoms with Crippen molar-refractivity contribution in [1.29, 1.82) is 0 Å². The molecule has 2 aliphatic rings. The number of aryl methyl sites for hydroxylation is 1. The molecule has 0 bridgehead atoms. The van der Waals surface area contributed by atoms with Crippen molar-refractivity contribution >= 4 is 17.4 Å². The standard InChI is InChI=1S/C22H22FN3O4/c1-13-19-16(14-4-5-14)10-18(30-22(28)29)21(27)26(19)12-17(23)20(13)25-9-6-15(11-25)24-7-2-3-8-24/h2-3,7-8,10,12,14-15H,4-6,9,11H2,1H3,(H,28,29)/t15-/m0/s1. The van der Waals surface area contributed by atoms with Crippen LogP contribution in [0.3, 0.4) is 0 Å². The van der Waals surface area contributed by atoms with Gasteiger partial charge in [0, 0.05) is 25.5 Å². The van der Waals surface area contributed by atoms with Crippen LogP contribution in [-0.4, -0.2) is 33.3 Å². The second-order valence-electron chi connectivity index (χ2n) is 8.10. The van der Waals surface area contributed by atoms with Crippen LogP contribution in [0.1, 0.15) is 42.3 Å². The number of pyridine rings is 2. The Morgan fingerprint density at radius 2 is 1.97 bits per heavy atom. The van der Waals surface area contributed by atoms with E-state index in [0.717, 1.165) is 31.4 Å². The van der Waals surface area contributed by atoms with Gasteiger partial charge in [-0.25, -0.2) is 9.18 Å². The zero-order valence-electron chi connectivity index (χ0n) is 16.5. The molecular weight excluding hydrogens is 389 g/mol. The first kappa shape index (κ1) is 18.7. The Balaban J connectivity index is 1.63. The third-order valence-corrected chi connectivity index (χ3v) is 6.15. The van der Waals surface area contributed by atoms with E-state index < -0.39 is 17.5 Å². The predicted molar refractivity (Wildman–Crippen MR) is 109 cm³/mol. The quantitative estimate of drug-likeness (QED) is 0.659. The van der Waals surface area contributed by atoms with Gasteiger partial charge in [0.25, 0.3) is 5.56 Å². The molecule has 0 spiro atoms. The molecule has 7 nitrogen and oxygen atoms in total. The summed E-state index contributed by atoms with van der Waals surface area (Å²) in [5, 5.41) is 8.96. The minimum Gasteiger partial charge on any atom is -0.449 e. The highest BCUT2D eigenvalue weighted by atomic mass is 19.1. The Morgan fingerprint density at radius 3 is 2.63 bits per heavy atom. The van der Waals surface area contributed by atoms with Crippen molar-refractivity contribution in [2.75, 3.05) is 18.0 Å². The van der Waals surface area contributed by atoms with Gasteiger partial charge in [-0.15, -0.1) is 0 Å². The van der Waals surface area contributed by atoms with E-state index >= 15 is 4.39 Å². The van der Waals surface area contributed by atoms with Crippen LogP contribution in [-0.2, 0) is 0 Å². The van der Waals surface area contributed by atoms with Gasteiger partial charge in [-0.05, 0) is 61.4 Å². The summed E-state index contributed by atoms with van der Waals surface area (Å²) in [6, 6.07) is 5.75. The van der Waals surface area contributed by atoms with Crippen LogP contribution in [0.5, 0.6) is 5.75 Å². The SMILES string of the molecule is Cc1c(N2CC[C@H](n3cccc3)C2)c(F)cn2c(=O)c(OC(=O)O)cc(C3CC3)c12. The number of anilines is 1. The summed E-state index contributed by atoms with van der Waals surface area (Å²) >= 11 is 0. The highest BCUT2D eigenvalue weighted by molar-refractivity contribution is 5.74. The highest BCUT2D eigenvalue weighted by Gasteiger charge is 2.32. The van der Waals surface area contributed by atoms with Gasteiger partial charge in [-0.1, -0.05) is 0 Å². The van der Waals surface area contributed by atoms with Gasteiger partial charge >= 0.3 is 6.16 Å². The molecule has 5 rings (SSSR count). The first-order valence-corrected chi connectivity index (χ1v) is 10.1. The van der Waals surface area contributed by atoms with Crippen LogP contribution < -0.4 is 15.2 Å². The van der Waals surface area contributed by atoms with Gasteiger partial charge in [0.2, 0.25) is 0 Å². The van der Waals surface area contributed by atoms with Gasteiger partial charge in [0.1, 0.15) is 0 Å². The van der Waals surface area contributed by atoms with Crippen molar-refractivity contribution in [3.05, 3.63) is 64.1 Å². The number of carboxylic acid groups (broad SMARTS) is 1. The summed E-state index contributed by atoms with van der Waals surface area (Å²) in [6.07, 6.45) is 6.46. The van der Waals surface area contributed by atoms with Gasteiger partial charge in [-0.3, -0.25) is 9.20 Å². The second-order valence-corrected chi connectivity index (χ2v) is 8.10. The van der Waals surface area contributed by atoms with Crippen LogP contribution >= 0.6 is 0 Å². The summed E-state index contributed by atoms with van der Waals surface area (Å²) in [5.74, 6) is -0.563. The fourth-order valence-electron chi connectivity index (χ4n) is 4.66. The summed E-state index contributed by atoms with van der Waals surface area (Å²) < 4.78 is 23.3. The number of rotatable bonds is 4. The molecule has 30 heavy (non-hydrogen) atoms. The van der Waals surface area contributed by atoms with Crippen LogP contribution in [0.25, 0.3) is 5.52 Å². The smallest absolute Gasteiger partial charge is 0.449 e. The first-order valence-electron chi connectivity index (χ1n) is 10.1. The summed E-state index contributed by atoms with van der Waals surface area (Å²) in [4.78, 5) is 25.8. The number of carbonyl (C=O) groups is 1. The van der Waals surface area contributed by atoms with E-state index in [-0.39, 0.29) is 17.7 Å². The maximum absolute atomic E-state index is 15.3. The second kappa shape index (κ2) is 6.90. The van der Waals surface area contributed by atoms with Crippen molar-refractivity contribution < 1.29 is 19.0 Å². The summed E-state index contributed by atoms with van der Waals surface area (Å²) in [6.45, 7) is 3.24. The van der Waals surface area contributed by atoms with Crippen LogP contribution in [0, 0.1) is 12.7 Å². The molecule has 0 amide bonds. The van der Waals surface area contributed by atoms with E-state index in [1.54, 1.807) is 0 Å². The number of hydrogen-bond acceptors (Lipinski definition) is 4. The van der Waals surface area contributed by atoms with Crippen molar-refractivity contribution in [2.45, 2.75) is 38.1 Å². The van der Waals surface area contributed by atoms with Crippen molar-refractivity contribution in [2.24, 2.45) is 0 Å². The zero-order valence-corrected chi connectivity index (χ0v) is 16.5. The number of nitrogens with zero attached hydrogens (tertiary/aromatic N) is 3. The third-order valence-electron chi connectivity index (χ3n) is 6.15. The lowest BCUT2D eigenvalue weighted by Gasteiger charge is -2.24. The molecule has 0 radical (unpaired) electrons. The Hall–Kier alpha value is -3.29. The monoisotopic (exact) mass is 411 g/mol. The van der Waals surface area contributed by atoms with Gasteiger partial charge in [0.05, 0.1) is 23.4 Å². The predicted octanol–water partition coefficient (Wildman–Crippen LogP) is 3.93. The molecule has 2 fully saturated rings. The number of halogens is 1. The Labute approximate surface area is 171 Å².